The minimum absolute atomic E-state index is 0.144. The van der Waals surface area contributed by atoms with Gasteiger partial charge in [0.05, 0.1) is 16.8 Å². The van der Waals surface area contributed by atoms with Crippen molar-refractivity contribution in [2.24, 2.45) is 5.92 Å². The molecule has 0 bridgehead atoms. The summed E-state index contributed by atoms with van der Waals surface area (Å²) in [4.78, 5) is 34.2. The molecule has 7 heteroatoms. The normalized spacial score (nSPS) is 18.4. The fraction of sp³-hybridized carbons (Fsp3) is 0.591. The lowest BCUT2D eigenvalue weighted by Crippen LogP contribution is -2.39. The van der Waals surface area contributed by atoms with Crippen LogP contribution in [-0.4, -0.2) is 63.1 Å². The molecule has 4 rings (SSSR count). The summed E-state index contributed by atoms with van der Waals surface area (Å²) in [5.41, 5.74) is 1.83. The molecular weight excluding hydrogens is 384 g/mol. The van der Waals surface area contributed by atoms with Crippen molar-refractivity contribution in [1.82, 2.24) is 19.4 Å². The summed E-state index contributed by atoms with van der Waals surface area (Å²) in [5, 5.41) is 0.760. The van der Waals surface area contributed by atoms with Gasteiger partial charge in [-0.15, -0.1) is 0 Å². The van der Waals surface area contributed by atoms with Crippen molar-refractivity contribution in [3.05, 3.63) is 24.3 Å². The van der Waals surface area contributed by atoms with Crippen LogP contribution in [0.25, 0.3) is 11.0 Å². The Balaban J connectivity index is 1.47. The summed E-state index contributed by atoms with van der Waals surface area (Å²) >= 11 is 1.45. The molecule has 0 radical (unpaired) electrons. The number of piperidine rings is 2. The fourth-order valence-corrected chi connectivity index (χ4v) is 5.09. The first kappa shape index (κ1) is 20.3. The van der Waals surface area contributed by atoms with Gasteiger partial charge in [-0.1, -0.05) is 30.8 Å². The quantitative estimate of drug-likeness (QED) is 0.704. The van der Waals surface area contributed by atoms with Crippen LogP contribution in [0.1, 0.15) is 39.0 Å². The molecule has 2 amide bonds. The Hall–Kier alpha value is -2.02. The summed E-state index contributed by atoms with van der Waals surface area (Å²) in [5.74, 6) is 1.39. The van der Waals surface area contributed by atoms with Crippen molar-refractivity contribution in [2.45, 2.75) is 50.7 Å². The molecule has 2 saturated heterocycles. The molecule has 2 aliphatic heterocycles. The first-order valence-corrected chi connectivity index (χ1v) is 11.7. The molecule has 29 heavy (non-hydrogen) atoms. The van der Waals surface area contributed by atoms with E-state index in [0.717, 1.165) is 68.1 Å². The van der Waals surface area contributed by atoms with Crippen molar-refractivity contribution in [1.29, 1.82) is 0 Å². The molecule has 0 saturated carbocycles. The number of carbonyl (C=O) groups excluding carboxylic acids is 2. The van der Waals surface area contributed by atoms with Gasteiger partial charge in [-0.05, 0) is 50.2 Å². The second-order valence-electron chi connectivity index (χ2n) is 8.26. The lowest BCUT2D eigenvalue weighted by molar-refractivity contribution is -0.132. The van der Waals surface area contributed by atoms with E-state index in [1.54, 1.807) is 0 Å². The number of hydrogen-bond acceptors (Lipinski definition) is 4. The van der Waals surface area contributed by atoms with Crippen LogP contribution in [0.15, 0.2) is 29.4 Å². The number of carbonyl (C=O) groups is 2. The van der Waals surface area contributed by atoms with E-state index >= 15 is 0 Å². The van der Waals surface area contributed by atoms with Crippen LogP contribution in [0, 0.1) is 5.92 Å². The SMILES string of the molecule is CC1CCN(C(=O)CSc2nc3ccccc3n2CC(=O)N2CCCCC2)CC1. The number of benzene rings is 1. The lowest BCUT2D eigenvalue weighted by atomic mass is 9.99. The molecule has 0 spiro atoms. The number of aromatic nitrogens is 2. The highest BCUT2D eigenvalue weighted by atomic mass is 32.2. The largest absolute Gasteiger partial charge is 0.342 e. The fourth-order valence-electron chi connectivity index (χ4n) is 4.17. The Morgan fingerprint density at radius 2 is 1.69 bits per heavy atom. The number of thioether (sulfide) groups is 1. The van der Waals surface area contributed by atoms with Crippen LogP contribution in [0.2, 0.25) is 0 Å². The first-order chi connectivity index (χ1) is 14.1. The smallest absolute Gasteiger partial charge is 0.242 e. The Bertz CT molecular complexity index is 867. The average Bonchev–Trinajstić information content (AvgIpc) is 3.10. The number of hydrogen-bond donors (Lipinski definition) is 0. The van der Waals surface area contributed by atoms with Gasteiger partial charge >= 0.3 is 0 Å². The molecule has 2 fully saturated rings. The third kappa shape index (κ3) is 4.77. The van der Waals surface area contributed by atoms with Crippen LogP contribution in [0.3, 0.4) is 0 Å². The number of para-hydroxylation sites is 2. The number of imidazole rings is 1. The van der Waals surface area contributed by atoms with E-state index in [9.17, 15) is 9.59 Å². The van der Waals surface area contributed by atoms with E-state index < -0.39 is 0 Å². The Morgan fingerprint density at radius 3 is 2.45 bits per heavy atom. The molecule has 1 aromatic heterocycles. The maximum Gasteiger partial charge on any atom is 0.242 e. The van der Waals surface area contributed by atoms with E-state index in [0.29, 0.717) is 11.7 Å². The van der Waals surface area contributed by atoms with Crippen LogP contribution in [0.5, 0.6) is 0 Å². The molecule has 0 aliphatic carbocycles. The van der Waals surface area contributed by atoms with E-state index in [4.69, 9.17) is 4.98 Å². The predicted molar refractivity (Wildman–Crippen MR) is 116 cm³/mol. The number of amides is 2. The van der Waals surface area contributed by atoms with Gasteiger partial charge in [0.25, 0.3) is 0 Å². The van der Waals surface area contributed by atoms with Crippen molar-refractivity contribution >= 4 is 34.6 Å². The third-order valence-electron chi connectivity index (χ3n) is 6.08. The molecule has 156 valence electrons. The highest BCUT2D eigenvalue weighted by Crippen LogP contribution is 2.26. The lowest BCUT2D eigenvalue weighted by Gasteiger charge is -2.30. The minimum Gasteiger partial charge on any atom is -0.342 e. The highest BCUT2D eigenvalue weighted by Gasteiger charge is 2.23. The van der Waals surface area contributed by atoms with Gasteiger partial charge in [0, 0.05) is 26.2 Å². The number of rotatable bonds is 5. The zero-order chi connectivity index (χ0) is 20.2. The number of nitrogens with zero attached hydrogens (tertiary/aromatic N) is 4. The van der Waals surface area contributed by atoms with E-state index in [-0.39, 0.29) is 18.4 Å². The van der Waals surface area contributed by atoms with Crippen molar-refractivity contribution < 1.29 is 9.59 Å². The van der Waals surface area contributed by atoms with E-state index in [1.807, 2.05) is 38.6 Å². The van der Waals surface area contributed by atoms with Gasteiger partial charge < -0.3 is 14.4 Å². The maximum absolute atomic E-state index is 12.9. The average molecular weight is 415 g/mol. The van der Waals surface area contributed by atoms with E-state index in [1.165, 1.54) is 18.2 Å². The second kappa shape index (κ2) is 9.20. The van der Waals surface area contributed by atoms with Crippen molar-refractivity contribution in [2.75, 3.05) is 31.9 Å². The van der Waals surface area contributed by atoms with Crippen LogP contribution >= 0.6 is 11.8 Å². The van der Waals surface area contributed by atoms with E-state index in [2.05, 4.69) is 6.92 Å². The monoisotopic (exact) mass is 414 g/mol. The molecule has 2 aliphatic rings. The van der Waals surface area contributed by atoms with Gasteiger partial charge in [0.1, 0.15) is 6.54 Å². The van der Waals surface area contributed by atoms with Gasteiger partial charge in [-0.2, -0.15) is 0 Å². The summed E-state index contributed by atoms with van der Waals surface area (Å²) in [7, 11) is 0. The second-order valence-corrected chi connectivity index (χ2v) is 9.21. The first-order valence-electron chi connectivity index (χ1n) is 10.8. The van der Waals surface area contributed by atoms with Crippen LogP contribution < -0.4 is 0 Å². The molecule has 0 N–H and O–H groups in total. The molecule has 3 heterocycles. The van der Waals surface area contributed by atoms with Gasteiger partial charge in [-0.3, -0.25) is 9.59 Å². The topological polar surface area (TPSA) is 58.4 Å². The Kier molecular flexibility index (Phi) is 6.43. The maximum atomic E-state index is 12.9. The third-order valence-corrected chi connectivity index (χ3v) is 7.04. The van der Waals surface area contributed by atoms with Gasteiger partial charge in [0.2, 0.25) is 11.8 Å². The number of likely N-dealkylation sites (tertiary alicyclic amines) is 2. The van der Waals surface area contributed by atoms with Crippen LogP contribution in [-0.2, 0) is 16.1 Å². The van der Waals surface area contributed by atoms with Gasteiger partial charge in [-0.25, -0.2) is 4.98 Å². The summed E-state index contributed by atoms with van der Waals surface area (Å²) in [6, 6.07) is 7.90. The Labute approximate surface area is 176 Å². The van der Waals surface area contributed by atoms with Crippen LogP contribution in [0.4, 0.5) is 0 Å². The summed E-state index contributed by atoms with van der Waals surface area (Å²) < 4.78 is 1.99. The predicted octanol–water partition coefficient (Wildman–Crippen LogP) is 3.40. The minimum atomic E-state index is 0.144. The zero-order valence-corrected chi connectivity index (χ0v) is 18.0. The molecule has 0 unspecified atom stereocenters. The zero-order valence-electron chi connectivity index (χ0n) is 17.2. The number of fused-ring (bicyclic) bond motifs is 1. The molecule has 1 aromatic carbocycles. The van der Waals surface area contributed by atoms with Crippen molar-refractivity contribution in [3.63, 3.8) is 0 Å². The van der Waals surface area contributed by atoms with Crippen molar-refractivity contribution in [3.8, 4) is 0 Å². The summed E-state index contributed by atoms with van der Waals surface area (Å²) in [6.07, 6.45) is 5.54. The van der Waals surface area contributed by atoms with Gasteiger partial charge in [0.15, 0.2) is 5.16 Å². The molecule has 2 aromatic rings. The Morgan fingerprint density at radius 1 is 1.00 bits per heavy atom. The standard InChI is InChI=1S/C22H30N4O2S/c1-17-9-13-25(14-10-17)21(28)16-29-22-23-18-7-3-4-8-19(18)26(22)15-20(27)24-11-5-2-6-12-24/h3-4,7-8,17H,2,5-6,9-16H2,1H3. The summed E-state index contributed by atoms with van der Waals surface area (Å²) in [6.45, 7) is 5.94. The molecular formula is C22H30N4O2S. The molecule has 6 nitrogen and oxygen atoms in total. The highest BCUT2D eigenvalue weighted by molar-refractivity contribution is 7.99. The molecule has 0 atom stereocenters.